The van der Waals surface area contributed by atoms with Crippen molar-refractivity contribution in [2.24, 2.45) is 5.92 Å². The Labute approximate surface area is 131 Å². The molecule has 0 radical (unpaired) electrons. The van der Waals surface area contributed by atoms with E-state index in [4.69, 9.17) is 0 Å². The minimum atomic E-state index is -0.569. The average molecular weight is 303 g/mol. The molecule has 0 aromatic carbocycles. The van der Waals surface area contributed by atoms with Crippen molar-refractivity contribution < 1.29 is 9.90 Å². The zero-order valence-corrected chi connectivity index (χ0v) is 13.2. The number of rotatable bonds is 4. The zero-order valence-electron chi connectivity index (χ0n) is 13.2. The molecule has 0 atom stereocenters. The Morgan fingerprint density at radius 1 is 1.41 bits per heavy atom. The summed E-state index contributed by atoms with van der Waals surface area (Å²) in [5.74, 6) is 1.50. The van der Waals surface area contributed by atoms with Crippen molar-refractivity contribution in [3.8, 4) is 0 Å². The van der Waals surface area contributed by atoms with E-state index < -0.39 is 5.60 Å². The van der Waals surface area contributed by atoms with Crippen molar-refractivity contribution in [1.29, 1.82) is 0 Å². The van der Waals surface area contributed by atoms with Gasteiger partial charge in [0, 0.05) is 25.8 Å². The molecule has 1 aliphatic carbocycles. The van der Waals surface area contributed by atoms with E-state index in [9.17, 15) is 9.90 Å². The molecule has 1 saturated heterocycles. The van der Waals surface area contributed by atoms with E-state index in [1.54, 1.807) is 6.20 Å². The normalized spacial score (nSPS) is 21.3. The lowest BCUT2D eigenvalue weighted by atomic mass is 9.80. The first-order valence-corrected chi connectivity index (χ1v) is 8.27. The van der Waals surface area contributed by atoms with Crippen LogP contribution in [0.4, 0.5) is 5.82 Å². The van der Waals surface area contributed by atoms with Gasteiger partial charge in [-0.25, -0.2) is 4.98 Å². The van der Waals surface area contributed by atoms with Crippen LogP contribution in [-0.4, -0.2) is 46.1 Å². The second-order valence-electron chi connectivity index (χ2n) is 6.84. The van der Waals surface area contributed by atoms with Gasteiger partial charge >= 0.3 is 0 Å². The van der Waals surface area contributed by atoms with Crippen LogP contribution in [-0.2, 0) is 0 Å². The maximum absolute atomic E-state index is 12.4. The van der Waals surface area contributed by atoms with Gasteiger partial charge in [-0.05, 0) is 50.2 Å². The third-order valence-electron chi connectivity index (χ3n) is 4.96. The number of piperidine rings is 1. The smallest absolute Gasteiger partial charge is 0.255 e. The number of pyridine rings is 1. The SMILES string of the molecule is CC1CCN(C(=O)c2ccc(NCC3(O)CCC3)nc2)CC1. The Kier molecular flexibility index (Phi) is 4.34. The third kappa shape index (κ3) is 3.40. The molecule has 22 heavy (non-hydrogen) atoms. The Bertz CT molecular complexity index is 517. The Morgan fingerprint density at radius 2 is 2.14 bits per heavy atom. The molecule has 2 aliphatic rings. The van der Waals surface area contributed by atoms with Gasteiger partial charge < -0.3 is 15.3 Å². The fourth-order valence-corrected chi connectivity index (χ4v) is 3.04. The van der Waals surface area contributed by atoms with Gasteiger partial charge in [-0.1, -0.05) is 6.92 Å². The van der Waals surface area contributed by atoms with Gasteiger partial charge in [-0.3, -0.25) is 4.79 Å². The number of hydrogen-bond acceptors (Lipinski definition) is 4. The van der Waals surface area contributed by atoms with Crippen LogP contribution >= 0.6 is 0 Å². The number of carbonyl (C=O) groups is 1. The first-order valence-electron chi connectivity index (χ1n) is 8.27. The van der Waals surface area contributed by atoms with Gasteiger partial charge in [0.2, 0.25) is 0 Å². The number of carbonyl (C=O) groups excluding carboxylic acids is 1. The number of aromatic nitrogens is 1. The van der Waals surface area contributed by atoms with Crippen molar-refractivity contribution in [1.82, 2.24) is 9.88 Å². The number of likely N-dealkylation sites (tertiary alicyclic amines) is 1. The van der Waals surface area contributed by atoms with Gasteiger partial charge in [-0.15, -0.1) is 0 Å². The summed E-state index contributed by atoms with van der Waals surface area (Å²) in [6.45, 7) is 4.44. The maximum atomic E-state index is 12.4. The molecule has 2 fully saturated rings. The number of amides is 1. The Morgan fingerprint density at radius 3 is 2.68 bits per heavy atom. The van der Waals surface area contributed by atoms with E-state index in [0.29, 0.717) is 23.8 Å². The maximum Gasteiger partial charge on any atom is 0.255 e. The molecule has 1 aliphatic heterocycles. The van der Waals surface area contributed by atoms with Gasteiger partial charge in [0.05, 0.1) is 11.2 Å². The molecule has 3 rings (SSSR count). The Hall–Kier alpha value is -1.62. The molecular weight excluding hydrogens is 278 g/mol. The number of nitrogens with one attached hydrogen (secondary N) is 1. The van der Waals surface area contributed by atoms with E-state index in [-0.39, 0.29) is 5.91 Å². The van der Waals surface area contributed by atoms with Crippen LogP contribution in [0.25, 0.3) is 0 Å². The molecule has 1 amide bonds. The largest absolute Gasteiger partial charge is 0.388 e. The lowest BCUT2D eigenvalue weighted by molar-refractivity contribution is -0.0202. The molecule has 2 N–H and O–H groups in total. The van der Waals surface area contributed by atoms with Gasteiger partial charge in [-0.2, -0.15) is 0 Å². The highest BCUT2D eigenvalue weighted by Gasteiger charge is 2.34. The lowest BCUT2D eigenvalue weighted by Gasteiger charge is -2.36. The van der Waals surface area contributed by atoms with Crippen LogP contribution < -0.4 is 5.32 Å². The highest BCUT2D eigenvalue weighted by Crippen LogP contribution is 2.31. The molecule has 1 aromatic rings. The van der Waals surface area contributed by atoms with Gasteiger partial charge in [0.1, 0.15) is 5.82 Å². The summed E-state index contributed by atoms with van der Waals surface area (Å²) in [7, 11) is 0. The highest BCUT2D eigenvalue weighted by atomic mass is 16.3. The minimum Gasteiger partial charge on any atom is -0.388 e. The number of nitrogens with zero attached hydrogens (tertiary/aromatic N) is 2. The first-order chi connectivity index (χ1) is 10.6. The van der Waals surface area contributed by atoms with Crippen LogP contribution in [0.5, 0.6) is 0 Å². The van der Waals surface area contributed by atoms with Crippen molar-refractivity contribution >= 4 is 11.7 Å². The summed E-state index contributed by atoms with van der Waals surface area (Å²) in [6, 6.07) is 3.64. The van der Waals surface area contributed by atoms with Crippen molar-refractivity contribution in [2.45, 2.75) is 44.6 Å². The van der Waals surface area contributed by atoms with Gasteiger partial charge in [0.15, 0.2) is 0 Å². The number of aliphatic hydroxyl groups is 1. The third-order valence-corrected chi connectivity index (χ3v) is 4.96. The average Bonchev–Trinajstić information content (AvgIpc) is 2.52. The molecule has 0 bridgehead atoms. The van der Waals surface area contributed by atoms with Crippen molar-refractivity contribution in [3.05, 3.63) is 23.9 Å². The summed E-state index contributed by atoms with van der Waals surface area (Å²) < 4.78 is 0. The topological polar surface area (TPSA) is 65.5 Å². The standard InChI is InChI=1S/C17H25N3O2/c1-13-5-9-20(10-6-13)16(21)14-3-4-15(18-11-14)19-12-17(22)7-2-8-17/h3-4,11,13,22H,2,5-10,12H2,1H3,(H,18,19). The van der Waals surface area contributed by atoms with Crippen molar-refractivity contribution in [2.75, 3.05) is 25.0 Å². The second-order valence-corrected chi connectivity index (χ2v) is 6.84. The molecule has 5 heteroatoms. The molecule has 1 aromatic heterocycles. The molecule has 0 spiro atoms. The highest BCUT2D eigenvalue weighted by molar-refractivity contribution is 5.94. The molecule has 120 valence electrons. The van der Waals surface area contributed by atoms with Crippen molar-refractivity contribution in [3.63, 3.8) is 0 Å². The second kappa shape index (κ2) is 6.24. The lowest BCUT2D eigenvalue weighted by Crippen LogP contribution is -2.43. The van der Waals surface area contributed by atoms with Gasteiger partial charge in [0.25, 0.3) is 5.91 Å². The molecule has 2 heterocycles. The van der Waals surface area contributed by atoms with Crippen LogP contribution in [0.15, 0.2) is 18.3 Å². The van der Waals surface area contributed by atoms with E-state index in [0.717, 1.165) is 45.2 Å². The zero-order chi connectivity index (χ0) is 15.6. The predicted octanol–water partition coefficient (Wildman–Crippen LogP) is 2.28. The quantitative estimate of drug-likeness (QED) is 0.895. The summed E-state index contributed by atoms with van der Waals surface area (Å²) in [5.41, 5.74) is 0.0724. The fourth-order valence-electron chi connectivity index (χ4n) is 3.04. The van der Waals surface area contributed by atoms with E-state index >= 15 is 0 Å². The Balaban J connectivity index is 1.55. The number of hydrogen-bond donors (Lipinski definition) is 2. The summed E-state index contributed by atoms with van der Waals surface area (Å²) >= 11 is 0. The molecule has 1 saturated carbocycles. The van der Waals surface area contributed by atoms with Crippen LogP contribution in [0.1, 0.15) is 49.4 Å². The summed E-state index contributed by atoms with van der Waals surface area (Å²) in [6.07, 6.45) is 6.59. The summed E-state index contributed by atoms with van der Waals surface area (Å²) in [5, 5.41) is 13.2. The monoisotopic (exact) mass is 303 g/mol. The minimum absolute atomic E-state index is 0.0728. The van der Waals surface area contributed by atoms with E-state index in [1.165, 1.54) is 0 Å². The van der Waals surface area contributed by atoms with Crippen LogP contribution in [0.3, 0.4) is 0 Å². The fraction of sp³-hybridized carbons (Fsp3) is 0.647. The molecular formula is C17H25N3O2. The molecule has 0 unspecified atom stereocenters. The molecule has 5 nitrogen and oxygen atoms in total. The van der Waals surface area contributed by atoms with E-state index in [1.807, 2.05) is 17.0 Å². The van der Waals surface area contributed by atoms with E-state index in [2.05, 4.69) is 17.2 Å². The summed E-state index contributed by atoms with van der Waals surface area (Å²) in [4.78, 5) is 18.6. The number of anilines is 1. The van der Waals surface area contributed by atoms with Crippen LogP contribution in [0, 0.1) is 5.92 Å². The predicted molar refractivity (Wildman–Crippen MR) is 85.8 cm³/mol. The van der Waals surface area contributed by atoms with Crippen LogP contribution in [0.2, 0.25) is 0 Å². The first kappa shape index (κ1) is 15.3.